The Kier molecular flexibility index (Phi) is 21.0. The molecule has 1 aromatic rings. The first kappa shape index (κ1) is 34.9. The lowest BCUT2D eigenvalue weighted by Gasteiger charge is -2.29. The van der Waals surface area contributed by atoms with Crippen LogP contribution in [0.4, 0.5) is 5.69 Å². The SMILES string of the molecule is CC.CC.CC.CN1CCOCC1.Cc1c(C=O)c(C)c(C(=O)N2CCOCC2)c(C)c1NC=O. The van der Waals surface area contributed by atoms with E-state index >= 15 is 0 Å². The van der Waals surface area contributed by atoms with Gasteiger partial charge in [0.25, 0.3) is 5.91 Å². The predicted octanol–water partition coefficient (Wildman–Crippen LogP) is 4.49. The smallest absolute Gasteiger partial charge is 0.254 e. The van der Waals surface area contributed by atoms with Crippen LogP contribution in [-0.4, -0.2) is 88.1 Å². The van der Waals surface area contributed by atoms with Crippen LogP contribution in [0.15, 0.2) is 0 Å². The van der Waals surface area contributed by atoms with Gasteiger partial charge in [-0.2, -0.15) is 0 Å². The van der Waals surface area contributed by atoms with Gasteiger partial charge in [-0.1, -0.05) is 41.5 Å². The summed E-state index contributed by atoms with van der Waals surface area (Å²) in [5.41, 5.74) is 3.47. The summed E-state index contributed by atoms with van der Waals surface area (Å²) in [5, 5.41) is 2.61. The minimum Gasteiger partial charge on any atom is -0.379 e. The van der Waals surface area contributed by atoms with E-state index in [-0.39, 0.29) is 5.91 Å². The second-order valence-electron chi connectivity index (χ2n) is 7.24. The maximum atomic E-state index is 12.8. The van der Waals surface area contributed by atoms with Gasteiger partial charge in [0.05, 0.1) is 26.4 Å². The first-order valence-electron chi connectivity index (χ1n) is 12.8. The maximum Gasteiger partial charge on any atom is 0.254 e. The Balaban J connectivity index is 0. The fourth-order valence-electron chi connectivity index (χ4n) is 3.59. The molecular weight excluding hydrogens is 446 g/mol. The summed E-state index contributed by atoms with van der Waals surface area (Å²) < 4.78 is 10.4. The number of hydrogen-bond donors (Lipinski definition) is 1. The number of aldehydes is 1. The summed E-state index contributed by atoms with van der Waals surface area (Å²) in [6.45, 7) is 23.4. The Hall–Kier alpha value is -2.29. The molecule has 0 atom stereocenters. The highest BCUT2D eigenvalue weighted by Crippen LogP contribution is 2.31. The van der Waals surface area contributed by atoms with Gasteiger partial charge in [-0.25, -0.2) is 0 Å². The molecule has 35 heavy (non-hydrogen) atoms. The Morgan fingerprint density at radius 3 is 1.60 bits per heavy atom. The van der Waals surface area contributed by atoms with E-state index in [2.05, 4.69) is 17.3 Å². The minimum atomic E-state index is -0.129. The molecule has 202 valence electrons. The van der Waals surface area contributed by atoms with Crippen LogP contribution in [0.25, 0.3) is 0 Å². The van der Waals surface area contributed by atoms with E-state index in [9.17, 15) is 14.4 Å². The molecule has 2 aliphatic rings. The van der Waals surface area contributed by atoms with E-state index in [4.69, 9.17) is 9.47 Å². The lowest BCUT2D eigenvalue weighted by Crippen LogP contribution is -2.41. The van der Waals surface area contributed by atoms with Gasteiger partial charge in [-0.05, 0) is 44.5 Å². The monoisotopic (exact) mass is 495 g/mol. The third kappa shape index (κ3) is 10.9. The fourth-order valence-corrected chi connectivity index (χ4v) is 3.59. The van der Waals surface area contributed by atoms with Crippen LogP contribution in [-0.2, 0) is 14.3 Å². The van der Waals surface area contributed by atoms with Crippen molar-refractivity contribution >= 4 is 24.3 Å². The first-order chi connectivity index (χ1) is 16.9. The van der Waals surface area contributed by atoms with E-state index in [1.165, 1.54) is 0 Å². The summed E-state index contributed by atoms with van der Waals surface area (Å²) in [6, 6.07) is 0. The third-order valence-electron chi connectivity index (χ3n) is 5.38. The number of likely N-dealkylation sites (N-methyl/N-ethyl adjacent to an activating group) is 1. The van der Waals surface area contributed by atoms with Crippen LogP contribution < -0.4 is 5.32 Å². The highest BCUT2D eigenvalue weighted by molar-refractivity contribution is 6.02. The number of carbonyl (C=O) groups is 3. The van der Waals surface area contributed by atoms with Crippen LogP contribution in [0.3, 0.4) is 0 Å². The van der Waals surface area contributed by atoms with Crippen LogP contribution in [0.1, 0.15) is 78.9 Å². The zero-order valence-corrected chi connectivity index (χ0v) is 23.7. The quantitative estimate of drug-likeness (QED) is 0.619. The number of nitrogens with zero attached hydrogens (tertiary/aromatic N) is 2. The Bertz CT molecular complexity index is 741. The molecule has 2 amide bonds. The molecule has 1 N–H and O–H groups in total. The van der Waals surface area contributed by atoms with Crippen molar-refractivity contribution in [3.8, 4) is 0 Å². The molecular formula is C27H49N3O5. The molecule has 2 heterocycles. The van der Waals surface area contributed by atoms with E-state index in [1.54, 1.807) is 25.7 Å². The Labute approximate surface area is 213 Å². The van der Waals surface area contributed by atoms with Crippen molar-refractivity contribution in [3.63, 3.8) is 0 Å². The molecule has 0 radical (unpaired) electrons. The molecule has 8 nitrogen and oxygen atoms in total. The number of anilines is 1. The summed E-state index contributed by atoms with van der Waals surface area (Å²) in [7, 11) is 2.11. The summed E-state index contributed by atoms with van der Waals surface area (Å²) in [4.78, 5) is 39.0. The fraction of sp³-hybridized carbons (Fsp3) is 0.667. The average Bonchev–Trinajstić information content (AvgIpc) is 2.91. The number of benzene rings is 1. The summed E-state index contributed by atoms with van der Waals surface area (Å²) in [5.74, 6) is -0.129. The molecule has 8 heteroatoms. The van der Waals surface area contributed by atoms with Crippen molar-refractivity contribution in [1.29, 1.82) is 0 Å². The van der Waals surface area contributed by atoms with Crippen LogP contribution in [0.2, 0.25) is 0 Å². The van der Waals surface area contributed by atoms with Crippen molar-refractivity contribution in [2.45, 2.75) is 62.3 Å². The van der Waals surface area contributed by atoms with Gasteiger partial charge in [0.15, 0.2) is 6.29 Å². The van der Waals surface area contributed by atoms with Crippen molar-refractivity contribution in [2.24, 2.45) is 0 Å². The van der Waals surface area contributed by atoms with Gasteiger partial charge in [0.2, 0.25) is 6.41 Å². The maximum absolute atomic E-state index is 12.8. The van der Waals surface area contributed by atoms with E-state index in [1.807, 2.05) is 41.5 Å². The molecule has 0 unspecified atom stereocenters. The molecule has 2 aliphatic heterocycles. The number of rotatable bonds is 4. The largest absolute Gasteiger partial charge is 0.379 e. The van der Waals surface area contributed by atoms with Crippen molar-refractivity contribution in [3.05, 3.63) is 27.8 Å². The topological polar surface area (TPSA) is 88.2 Å². The van der Waals surface area contributed by atoms with Gasteiger partial charge in [0.1, 0.15) is 0 Å². The van der Waals surface area contributed by atoms with E-state index in [0.717, 1.165) is 32.6 Å². The van der Waals surface area contributed by atoms with Gasteiger partial charge < -0.3 is 24.6 Å². The van der Waals surface area contributed by atoms with Gasteiger partial charge in [0, 0.05) is 43.0 Å². The number of carbonyl (C=O) groups excluding carboxylic acids is 3. The standard InChI is InChI=1S/C16H20N2O4.C5H11NO.3C2H6/c1-10-13(8-19)11(2)15(17-9-20)12(3)14(10)16(21)18-4-6-22-7-5-18;1-6-2-4-7-5-3-6;3*1-2/h8-9H,4-7H2,1-3H3,(H,17,20);2-5H2,1H3;3*1-2H3. The lowest BCUT2D eigenvalue weighted by molar-refractivity contribution is -0.105. The minimum absolute atomic E-state index is 0.129. The van der Waals surface area contributed by atoms with Crippen LogP contribution in [0.5, 0.6) is 0 Å². The predicted molar refractivity (Wildman–Crippen MR) is 145 cm³/mol. The highest BCUT2D eigenvalue weighted by Gasteiger charge is 2.26. The zero-order valence-electron chi connectivity index (χ0n) is 23.7. The van der Waals surface area contributed by atoms with Gasteiger partial charge >= 0.3 is 0 Å². The van der Waals surface area contributed by atoms with E-state index in [0.29, 0.717) is 66.2 Å². The van der Waals surface area contributed by atoms with Crippen molar-refractivity contribution < 1.29 is 23.9 Å². The zero-order chi connectivity index (χ0) is 27.4. The van der Waals surface area contributed by atoms with Crippen LogP contribution in [0, 0.1) is 20.8 Å². The molecule has 2 fully saturated rings. The molecule has 3 rings (SSSR count). The second-order valence-corrected chi connectivity index (χ2v) is 7.24. The molecule has 0 saturated carbocycles. The van der Waals surface area contributed by atoms with E-state index < -0.39 is 0 Å². The number of nitrogens with one attached hydrogen (secondary N) is 1. The molecule has 1 aromatic carbocycles. The molecule has 0 spiro atoms. The number of morpholine rings is 2. The highest BCUT2D eigenvalue weighted by atomic mass is 16.5. The summed E-state index contributed by atoms with van der Waals surface area (Å²) >= 11 is 0. The van der Waals surface area contributed by atoms with Gasteiger partial charge in [-0.3, -0.25) is 14.4 Å². The Morgan fingerprint density at radius 2 is 1.23 bits per heavy atom. The normalized spacial score (nSPS) is 14.7. The molecule has 0 bridgehead atoms. The van der Waals surface area contributed by atoms with Crippen LogP contribution >= 0.6 is 0 Å². The first-order valence-corrected chi connectivity index (χ1v) is 12.8. The lowest BCUT2D eigenvalue weighted by atomic mass is 9.91. The third-order valence-corrected chi connectivity index (χ3v) is 5.38. The molecule has 0 aliphatic carbocycles. The summed E-state index contributed by atoms with van der Waals surface area (Å²) in [6.07, 6.45) is 1.29. The van der Waals surface area contributed by atoms with Crippen molar-refractivity contribution in [2.75, 3.05) is 65.0 Å². The second kappa shape index (κ2) is 21.0. The number of amides is 2. The molecule has 0 aromatic heterocycles. The number of hydrogen-bond acceptors (Lipinski definition) is 6. The molecule has 2 saturated heterocycles. The average molecular weight is 496 g/mol. The Morgan fingerprint density at radius 1 is 0.771 bits per heavy atom. The van der Waals surface area contributed by atoms with Gasteiger partial charge in [-0.15, -0.1) is 0 Å². The number of ether oxygens (including phenoxy) is 2. The van der Waals surface area contributed by atoms with Crippen molar-refractivity contribution in [1.82, 2.24) is 9.80 Å².